The van der Waals surface area contributed by atoms with Crippen LogP contribution in [0.2, 0.25) is 0 Å². The topological polar surface area (TPSA) is 48.4 Å². The number of nitrogens with zero attached hydrogens (tertiary/aromatic N) is 1. The number of hydrogen-bond acceptors (Lipinski definition) is 2. The Morgan fingerprint density at radius 2 is 2.50 bits per heavy atom. The van der Waals surface area contributed by atoms with Crippen molar-refractivity contribution in [1.82, 2.24) is 4.98 Å². The van der Waals surface area contributed by atoms with Crippen molar-refractivity contribution in [2.75, 3.05) is 0 Å². The fourth-order valence-corrected chi connectivity index (χ4v) is 1.56. The first kappa shape index (κ1) is 8.81. The highest BCUT2D eigenvalue weighted by Crippen LogP contribution is 2.19. The maximum Gasteiger partial charge on any atom is 0.0886 e. The largest absolute Gasteiger partial charge is 0.411 e. The van der Waals surface area contributed by atoms with E-state index in [0.29, 0.717) is 12.1 Å². The number of fused-ring (bicyclic) bond motifs is 1. The minimum absolute atomic E-state index is 0.691. The molecule has 0 bridgehead atoms. The first-order valence-electron chi connectivity index (χ1n) is 4.55. The third-order valence-electron chi connectivity index (χ3n) is 2.29. The number of aromatic nitrogens is 1. The van der Waals surface area contributed by atoms with Crippen molar-refractivity contribution in [3.63, 3.8) is 0 Å². The summed E-state index contributed by atoms with van der Waals surface area (Å²) in [6.45, 7) is 1.96. The molecule has 0 fully saturated rings. The molecule has 1 aromatic heterocycles. The summed E-state index contributed by atoms with van der Waals surface area (Å²) in [4.78, 5) is 3.13. The Bertz CT molecular complexity index is 471. The van der Waals surface area contributed by atoms with E-state index in [1.807, 2.05) is 31.3 Å². The van der Waals surface area contributed by atoms with Gasteiger partial charge in [0.05, 0.1) is 5.71 Å². The molecule has 0 saturated heterocycles. The molecule has 1 heterocycles. The van der Waals surface area contributed by atoms with Crippen molar-refractivity contribution in [1.29, 1.82) is 0 Å². The number of benzene rings is 1. The van der Waals surface area contributed by atoms with E-state index in [0.717, 1.165) is 16.5 Å². The summed E-state index contributed by atoms with van der Waals surface area (Å²) in [6, 6.07) is 8.70. The van der Waals surface area contributed by atoms with Gasteiger partial charge in [0.1, 0.15) is 0 Å². The van der Waals surface area contributed by atoms with Gasteiger partial charge >= 0.3 is 0 Å². The van der Waals surface area contributed by atoms with Gasteiger partial charge in [-0.1, -0.05) is 18.1 Å². The monoisotopic (exact) mass is 187 g/mol. The number of H-pyrrole nitrogens is 1. The number of aromatic amines is 1. The molecule has 0 unspecified atom stereocenters. The number of rotatable bonds is 2. The molecule has 71 valence electrons. The van der Waals surface area contributed by atoms with Crippen LogP contribution in [-0.2, 0) is 0 Å². The molecular weight excluding hydrogens is 176 g/mol. The predicted molar refractivity (Wildman–Crippen MR) is 55.7 cm³/mol. The Hall–Kier alpha value is -1.77. The van der Waals surface area contributed by atoms with Crippen molar-refractivity contribution in [2.45, 2.75) is 13.3 Å². The molecule has 0 amide bonds. The highest BCUT2D eigenvalue weighted by molar-refractivity contribution is 6.10. The van der Waals surface area contributed by atoms with E-state index >= 15 is 0 Å². The molecule has 0 saturated carbocycles. The van der Waals surface area contributed by atoms with Crippen molar-refractivity contribution in [3.05, 3.63) is 36.0 Å². The molecule has 0 atom stereocenters. The van der Waals surface area contributed by atoms with Gasteiger partial charge in [-0.3, -0.25) is 0 Å². The van der Waals surface area contributed by atoms with E-state index in [9.17, 15) is 0 Å². The van der Waals surface area contributed by atoms with Gasteiger partial charge in [-0.2, -0.15) is 0 Å². The summed E-state index contributed by atoms with van der Waals surface area (Å²) < 4.78 is 0. The van der Waals surface area contributed by atoms with Crippen LogP contribution in [0.25, 0.3) is 10.9 Å². The van der Waals surface area contributed by atoms with Gasteiger partial charge in [0.25, 0.3) is 0 Å². The summed E-state index contributed by atoms with van der Waals surface area (Å²) in [7, 11) is 0. The van der Waals surface area contributed by atoms with Crippen molar-refractivity contribution >= 4 is 16.6 Å². The van der Waals surface area contributed by atoms with E-state index in [4.69, 9.17) is 5.21 Å². The maximum atomic E-state index is 8.82. The quantitative estimate of drug-likeness (QED) is 0.423. The number of hydrogen-bond donors (Lipinski definition) is 2. The fourth-order valence-electron chi connectivity index (χ4n) is 1.56. The average molecular weight is 187 g/mol. The van der Waals surface area contributed by atoms with Gasteiger partial charge in [0.2, 0.25) is 0 Å². The van der Waals surface area contributed by atoms with Gasteiger partial charge in [-0.15, -0.1) is 0 Å². The van der Waals surface area contributed by atoms with E-state index < -0.39 is 0 Å². The molecule has 1 aromatic carbocycles. The van der Waals surface area contributed by atoms with Crippen LogP contribution in [0.3, 0.4) is 0 Å². The minimum Gasteiger partial charge on any atom is -0.411 e. The normalized spacial score (nSPS) is 12.2. The van der Waals surface area contributed by atoms with Gasteiger partial charge in [-0.05, 0) is 24.6 Å². The summed E-state index contributed by atoms with van der Waals surface area (Å²) >= 11 is 0. The second-order valence-electron chi connectivity index (χ2n) is 3.07. The first-order chi connectivity index (χ1) is 6.86. The lowest BCUT2D eigenvalue weighted by molar-refractivity contribution is 0.318. The van der Waals surface area contributed by atoms with Crippen LogP contribution in [0, 0.1) is 6.07 Å². The molecule has 0 aliphatic carbocycles. The molecule has 14 heavy (non-hydrogen) atoms. The van der Waals surface area contributed by atoms with Gasteiger partial charge in [0, 0.05) is 22.7 Å². The molecule has 2 rings (SSSR count). The Morgan fingerprint density at radius 1 is 1.64 bits per heavy atom. The lowest BCUT2D eigenvalue weighted by Gasteiger charge is -1.97. The summed E-state index contributed by atoms with van der Waals surface area (Å²) in [5.74, 6) is 0. The molecule has 2 aromatic rings. The zero-order chi connectivity index (χ0) is 9.97. The van der Waals surface area contributed by atoms with Gasteiger partial charge in [0.15, 0.2) is 0 Å². The number of oxime groups is 1. The zero-order valence-corrected chi connectivity index (χ0v) is 7.91. The average Bonchev–Trinajstić information content (AvgIpc) is 2.65. The van der Waals surface area contributed by atoms with Gasteiger partial charge < -0.3 is 10.2 Å². The predicted octanol–water partition coefficient (Wildman–Crippen LogP) is 2.56. The minimum atomic E-state index is 0.691. The van der Waals surface area contributed by atoms with Crippen LogP contribution in [0.4, 0.5) is 0 Å². The summed E-state index contributed by atoms with van der Waals surface area (Å²) in [6.07, 6.45) is 2.56. The van der Waals surface area contributed by atoms with Crippen LogP contribution < -0.4 is 0 Å². The molecule has 0 aliphatic heterocycles. The summed E-state index contributed by atoms with van der Waals surface area (Å²) in [5, 5.41) is 13.1. The maximum absolute atomic E-state index is 8.82. The SMILES string of the molecule is CCC(=NO)c1c[nH]c2cc[c]cc12. The van der Waals surface area contributed by atoms with Crippen molar-refractivity contribution < 1.29 is 5.21 Å². The van der Waals surface area contributed by atoms with Crippen LogP contribution >= 0.6 is 0 Å². The first-order valence-corrected chi connectivity index (χ1v) is 4.55. The third-order valence-corrected chi connectivity index (χ3v) is 2.29. The molecule has 2 N–H and O–H groups in total. The Morgan fingerprint density at radius 3 is 3.21 bits per heavy atom. The van der Waals surface area contributed by atoms with Gasteiger partial charge in [-0.25, -0.2) is 0 Å². The highest BCUT2D eigenvalue weighted by atomic mass is 16.4. The van der Waals surface area contributed by atoms with Crippen LogP contribution in [0.1, 0.15) is 18.9 Å². The third kappa shape index (κ3) is 1.27. The number of nitrogens with one attached hydrogen (secondary N) is 1. The molecular formula is C11H11N2O. The van der Waals surface area contributed by atoms with E-state index in [-0.39, 0.29) is 0 Å². The summed E-state index contributed by atoms with van der Waals surface area (Å²) in [5.41, 5.74) is 2.67. The van der Waals surface area contributed by atoms with Crippen LogP contribution in [-0.4, -0.2) is 15.9 Å². The molecule has 0 spiro atoms. The fraction of sp³-hybridized carbons (Fsp3) is 0.182. The van der Waals surface area contributed by atoms with E-state index in [1.165, 1.54) is 0 Å². The van der Waals surface area contributed by atoms with Crippen molar-refractivity contribution in [3.8, 4) is 0 Å². The molecule has 3 heteroatoms. The van der Waals surface area contributed by atoms with Crippen LogP contribution in [0.5, 0.6) is 0 Å². The van der Waals surface area contributed by atoms with E-state index in [1.54, 1.807) is 0 Å². The Kier molecular flexibility index (Phi) is 2.23. The lowest BCUT2D eigenvalue weighted by Crippen LogP contribution is -1.96. The molecule has 0 aliphatic rings. The molecule has 3 nitrogen and oxygen atoms in total. The molecule has 1 radical (unpaired) electrons. The lowest BCUT2D eigenvalue weighted by atomic mass is 10.1. The Balaban J connectivity index is 2.63. The zero-order valence-electron chi connectivity index (χ0n) is 7.91. The Labute approximate surface area is 82.1 Å². The standard InChI is InChI=1S/C11H11N2O/c1-2-10(13-14)9-7-12-11-6-4-3-5-8(9)11/h4-7,12,14H,2H2,1H3. The smallest absolute Gasteiger partial charge is 0.0886 e. The second-order valence-corrected chi connectivity index (χ2v) is 3.07. The van der Waals surface area contributed by atoms with Crippen molar-refractivity contribution in [2.24, 2.45) is 5.16 Å². The highest BCUT2D eigenvalue weighted by Gasteiger charge is 2.07. The van der Waals surface area contributed by atoms with E-state index in [2.05, 4.69) is 16.2 Å². The van der Waals surface area contributed by atoms with Crippen LogP contribution in [0.15, 0.2) is 29.6 Å². The second kappa shape index (κ2) is 3.54.